The maximum Gasteiger partial charge on any atom is 0.0653 e. The highest BCUT2D eigenvalue weighted by Gasteiger charge is 2.40. The van der Waals surface area contributed by atoms with Crippen molar-refractivity contribution in [1.29, 1.82) is 0 Å². The van der Waals surface area contributed by atoms with E-state index >= 15 is 0 Å². The lowest BCUT2D eigenvalue weighted by atomic mass is 9.68. The Morgan fingerprint density at radius 3 is 1.55 bits per heavy atom. The van der Waals surface area contributed by atoms with Crippen molar-refractivity contribution in [3.63, 3.8) is 0 Å². The number of fused-ring (bicyclic) bond motifs is 3. The van der Waals surface area contributed by atoms with Gasteiger partial charge in [0.2, 0.25) is 0 Å². The monoisotopic (exact) mass is 368 g/mol. The molecule has 0 fully saturated rings. The fourth-order valence-electron chi connectivity index (χ4n) is 5.06. The van der Waals surface area contributed by atoms with Crippen LogP contribution in [0.5, 0.6) is 0 Å². The molecule has 6 rings (SSSR count). The molecule has 0 bridgehead atoms. The average molecular weight is 368 g/mol. The van der Waals surface area contributed by atoms with Gasteiger partial charge < -0.3 is 0 Å². The number of benzene rings is 5. The number of hydrogen-bond donors (Lipinski definition) is 0. The van der Waals surface area contributed by atoms with Gasteiger partial charge in [-0.15, -0.1) is 0 Å². The molecule has 0 spiro atoms. The maximum absolute atomic E-state index is 2.40. The summed E-state index contributed by atoms with van der Waals surface area (Å²) in [4.78, 5) is 0. The average Bonchev–Trinajstić information content (AvgIpc) is 3.19. The molecule has 0 heterocycles. The first-order valence-corrected chi connectivity index (χ1v) is 10.1. The number of hydrogen-bond acceptors (Lipinski definition) is 0. The van der Waals surface area contributed by atoms with Crippen LogP contribution in [0.3, 0.4) is 0 Å². The van der Waals surface area contributed by atoms with Crippen molar-refractivity contribution >= 4 is 27.6 Å². The van der Waals surface area contributed by atoms with E-state index in [1.54, 1.807) is 0 Å². The summed E-state index contributed by atoms with van der Waals surface area (Å²) >= 11 is 0. The van der Waals surface area contributed by atoms with E-state index in [-0.39, 0.29) is 5.41 Å². The quantitative estimate of drug-likeness (QED) is 0.305. The molecule has 0 atom stereocenters. The first-order valence-electron chi connectivity index (χ1n) is 10.1. The molecule has 0 aliphatic heterocycles. The van der Waals surface area contributed by atoms with Gasteiger partial charge in [-0.25, -0.2) is 0 Å². The van der Waals surface area contributed by atoms with Gasteiger partial charge in [-0.05, 0) is 43.8 Å². The molecule has 0 unspecified atom stereocenters. The molecule has 1 aliphatic carbocycles. The molecular weight excluding hydrogens is 348 g/mol. The molecule has 136 valence electrons. The minimum Gasteiger partial charge on any atom is -0.0645 e. The SMILES string of the molecule is C1=CC(c2cccc3ccccc23)(c2cccc3ccccc23)c2ccccc21. The Balaban J connectivity index is 1.80. The first-order chi connectivity index (χ1) is 14.4. The lowest BCUT2D eigenvalue weighted by molar-refractivity contribution is 0.812. The van der Waals surface area contributed by atoms with Crippen molar-refractivity contribution in [3.8, 4) is 0 Å². The summed E-state index contributed by atoms with van der Waals surface area (Å²) in [5.74, 6) is 0. The predicted octanol–water partition coefficient (Wildman–Crippen LogP) is 7.35. The van der Waals surface area contributed by atoms with Gasteiger partial charge in [0, 0.05) is 0 Å². The normalized spacial score (nSPS) is 14.3. The Morgan fingerprint density at radius 2 is 0.897 bits per heavy atom. The summed E-state index contributed by atoms with van der Waals surface area (Å²) in [6.07, 6.45) is 4.69. The maximum atomic E-state index is 2.40. The lowest BCUT2D eigenvalue weighted by Gasteiger charge is -2.33. The zero-order valence-electron chi connectivity index (χ0n) is 16.0. The zero-order valence-corrected chi connectivity index (χ0v) is 16.0. The highest BCUT2D eigenvalue weighted by Crippen LogP contribution is 2.50. The fraction of sp³-hybridized carbons (Fsp3) is 0.0345. The molecule has 0 nitrogen and oxygen atoms in total. The Kier molecular flexibility index (Phi) is 3.48. The van der Waals surface area contributed by atoms with E-state index in [0.717, 1.165) is 0 Å². The predicted molar refractivity (Wildman–Crippen MR) is 123 cm³/mol. The summed E-state index contributed by atoms with van der Waals surface area (Å²) in [6.45, 7) is 0. The fourth-order valence-corrected chi connectivity index (χ4v) is 5.06. The van der Waals surface area contributed by atoms with E-state index in [2.05, 4.69) is 121 Å². The van der Waals surface area contributed by atoms with Crippen molar-refractivity contribution < 1.29 is 0 Å². The minimum absolute atomic E-state index is 0.307. The smallest absolute Gasteiger partial charge is 0.0645 e. The third-order valence-electron chi connectivity index (χ3n) is 6.33. The highest BCUT2D eigenvalue weighted by atomic mass is 14.4. The first kappa shape index (κ1) is 16.3. The van der Waals surface area contributed by atoms with Crippen LogP contribution in [0.15, 0.2) is 115 Å². The second-order valence-electron chi connectivity index (χ2n) is 7.78. The molecule has 5 aromatic carbocycles. The molecule has 29 heavy (non-hydrogen) atoms. The van der Waals surface area contributed by atoms with Crippen molar-refractivity contribution in [2.45, 2.75) is 5.41 Å². The van der Waals surface area contributed by atoms with Gasteiger partial charge >= 0.3 is 0 Å². The van der Waals surface area contributed by atoms with Gasteiger partial charge in [-0.3, -0.25) is 0 Å². The van der Waals surface area contributed by atoms with E-state index in [9.17, 15) is 0 Å². The second-order valence-corrected chi connectivity index (χ2v) is 7.78. The van der Waals surface area contributed by atoms with Gasteiger partial charge in [0.15, 0.2) is 0 Å². The molecule has 0 saturated heterocycles. The number of rotatable bonds is 2. The van der Waals surface area contributed by atoms with E-state index in [1.807, 2.05) is 0 Å². The largest absolute Gasteiger partial charge is 0.0653 e. The van der Waals surface area contributed by atoms with Crippen molar-refractivity contribution in [2.24, 2.45) is 0 Å². The highest BCUT2D eigenvalue weighted by molar-refractivity contribution is 5.95. The summed E-state index contributed by atoms with van der Waals surface area (Å²) in [6, 6.07) is 39.7. The van der Waals surface area contributed by atoms with Gasteiger partial charge in [0.1, 0.15) is 0 Å². The van der Waals surface area contributed by atoms with Crippen LogP contribution < -0.4 is 0 Å². The van der Waals surface area contributed by atoms with E-state index in [1.165, 1.54) is 43.8 Å². The second kappa shape index (κ2) is 6.18. The van der Waals surface area contributed by atoms with Crippen LogP contribution in [-0.4, -0.2) is 0 Å². The molecule has 0 amide bonds. The van der Waals surface area contributed by atoms with Crippen LogP contribution in [0.25, 0.3) is 27.6 Å². The van der Waals surface area contributed by atoms with Crippen molar-refractivity contribution in [2.75, 3.05) is 0 Å². The van der Waals surface area contributed by atoms with E-state index < -0.39 is 0 Å². The summed E-state index contributed by atoms with van der Waals surface area (Å²) < 4.78 is 0. The van der Waals surface area contributed by atoms with Gasteiger partial charge in [0.25, 0.3) is 0 Å². The van der Waals surface area contributed by atoms with Crippen LogP contribution in [0.4, 0.5) is 0 Å². The lowest BCUT2D eigenvalue weighted by Crippen LogP contribution is -2.26. The Morgan fingerprint density at radius 1 is 0.414 bits per heavy atom. The van der Waals surface area contributed by atoms with Crippen molar-refractivity contribution in [3.05, 3.63) is 138 Å². The van der Waals surface area contributed by atoms with Crippen molar-refractivity contribution in [1.82, 2.24) is 0 Å². The summed E-state index contributed by atoms with van der Waals surface area (Å²) in [5.41, 5.74) is 5.03. The molecule has 0 N–H and O–H groups in total. The van der Waals surface area contributed by atoms with Crippen LogP contribution in [0.1, 0.15) is 22.3 Å². The van der Waals surface area contributed by atoms with Gasteiger partial charge in [-0.2, -0.15) is 0 Å². The van der Waals surface area contributed by atoms with E-state index in [4.69, 9.17) is 0 Å². The third kappa shape index (κ3) is 2.26. The molecule has 0 heteroatoms. The Bertz CT molecular complexity index is 1310. The van der Waals surface area contributed by atoms with E-state index in [0.29, 0.717) is 0 Å². The summed E-state index contributed by atoms with van der Waals surface area (Å²) in [5, 5.41) is 5.18. The Labute approximate surface area is 170 Å². The number of allylic oxidation sites excluding steroid dienone is 1. The summed E-state index contributed by atoms with van der Waals surface area (Å²) in [7, 11) is 0. The van der Waals surface area contributed by atoms with Gasteiger partial charge in [0.05, 0.1) is 5.41 Å². The van der Waals surface area contributed by atoms with Gasteiger partial charge in [-0.1, -0.05) is 121 Å². The topological polar surface area (TPSA) is 0 Å². The molecule has 0 radical (unpaired) electrons. The standard InChI is InChI=1S/C29H20/c1-4-14-24-21(9-1)12-7-17-27(24)29(20-19-23-11-3-6-16-26(23)29)28-18-8-13-22-10-2-5-15-25(22)28/h1-20H. The molecule has 1 aliphatic rings. The minimum atomic E-state index is -0.307. The van der Waals surface area contributed by atoms with Crippen LogP contribution in [-0.2, 0) is 5.41 Å². The van der Waals surface area contributed by atoms with Crippen LogP contribution >= 0.6 is 0 Å². The molecular formula is C29H20. The Hall–Kier alpha value is -3.64. The molecule has 0 saturated carbocycles. The van der Waals surface area contributed by atoms with Crippen LogP contribution in [0.2, 0.25) is 0 Å². The zero-order chi connectivity index (χ0) is 19.3. The van der Waals surface area contributed by atoms with Crippen LogP contribution in [0, 0.1) is 0 Å². The third-order valence-corrected chi connectivity index (χ3v) is 6.33. The molecule has 0 aromatic heterocycles. The molecule has 5 aromatic rings.